The van der Waals surface area contributed by atoms with Gasteiger partial charge >= 0.3 is 0 Å². The lowest BCUT2D eigenvalue weighted by atomic mass is 9.85. The van der Waals surface area contributed by atoms with Gasteiger partial charge in [-0.15, -0.1) is 0 Å². The summed E-state index contributed by atoms with van der Waals surface area (Å²) in [6.07, 6.45) is 20.3. The Labute approximate surface area is 385 Å². The molecule has 4 atom stereocenters. The molecule has 8 rings (SSSR count). The number of nitrogens with one attached hydrogen (secondary N) is 1. The second-order valence-electron chi connectivity index (χ2n) is 20.0. The third-order valence-electron chi connectivity index (χ3n) is 15.7. The molecule has 7 nitrogen and oxygen atoms in total. The van der Waals surface area contributed by atoms with E-state index in [1.165, 1.54) is 68.2 Å². The van der Waals surface area contributed by atoms with Crippen LogP contribution in [0.15, 0.2) is 60.8 Å². The van der Waals surface area contributed by atoms with Crippen LogP contribution in [0.25, 0.3) is 10.8 Å². The van der Waals surface area contributed by atoms with Crippen LogP contribution in [0.3, 0.4) is 0 Å². The smallest absolute Gasteiger partial charge is 0.240 e. The second-order valence-corrected chi connectivity index (χ2v) is 22.4. The fraction of sp³-hybridized carbons (Fsp3) is 0.600. The summed E-state index contributed by atoms with van der Waals surface area (Å²) in [5.74, 6) is 0.519. The molecular weight excluding hydrogens is 814 g/mol. The second kappa shape index (κ2) is 21.4. The zero-order valence-electron chi connectivity index (χ0n) is 39.8. The van der Waals surface area contributed by atoms with E-state index in [9.17, 15) is 4.79 Å². The number of benzene rings is 3. The van der Waals surface area contributed by atoms with Gasteiger partial charge in [0.1, 0.15) is 11.6 Å². The molecule has 3 aliphatic heterocycles. The largest absolute Gasteiger partial charge is 0.404 e. The number of likely N-dealkylation sites (tertiary alicyclic amines) is 1. The monoisotopic (exact) mass is 890 g/mol. The summed E-state index contributed by atoms with van der Waals surface area (Å²) >= 11 is 0. The molecular formula is C55H76FN3O4Si. The van der Waals surface area contributed by atoms with E-state index in [1.54, 1.807) is 34.5 Å². The Balaban J connectivity index is 1.03. The van der Waals surface area contributed by atoms with E-state index in [4.69, 9.17) is 13.9 Å². The minimum atomic E-state index is -2.20. The minimum Gasteiger partial charge on any atom is -0.404 e. The van der Waals surface area contributed by atoms with E-state index in [-0.39, 0.29) is 40.6 Å². The SMILES string of the molecule is CCCCc1cc([SiH](OC2COCC2(C)N2CCC(c3cc4cc(NC(=O)C5CC56CCOCC6)ncc4cc3F)CC2)c2ccccc2)c(CCCC)c(CCCC)c1CCCC. The molecule has 0 bridgehead atoms. The maximum Gasteiger partial charge on any atom is 0.240 e. The number of aromatic nitrogens is 1. The van der Waals surface area contributed by atoms with Crippen molar-refractivity contribution in [1.82, 2.24) is 9.88 Å². The summed E-state index contributed by atoms with van der Waals surface area (Å²) in [5.41, 5.74) is 7.03. The number of hydrogen-bond acceptors (Lipinski definition) is 6. The number of fused-ring (bicyclic) bond motifs is 1. The van der Waals surface area contributed by atoms with Gasteiger partial charge in [-0.05, 0) is 177 Å². The highest BCUT2D eigenvalue weighted by atomic mass is 28.3. The van der Waals surface area contributed by atoms with Gasteiger partial charge in [0.25, 0.3) is 0 Å². The first-order valence-electron chi connectivity index (χ1n) is 25.4. The lowest BCUT2D eigenvalue weighted by Gasteiger charge is -2.45. The highest BCUT2D eigenvalue weighted by Crippen LogP contribution is 2.59. The zero-order chi connectivity index (χ0) is 44.7. The van der Waals surface area contributed by atoms with E-state index in [0.717, 1.165) is 94.0 Å². The number of pyridine rings is 1. The van der Waals surface area contributed by atoms with Crippen LogP contribution < -0.4 is 15.7 Å². The fourth-order valence-electron chi connectivity index (χ4n) is 11.5. The quantitative estimate of drug-likeness (QED) is 0.0892. The van der Waals surface area contributed by atoms with Gasteiger partial charge in [-0.25, -0.2) is 9.37 Å². The maximum absolute atomic E-state index is 16.0. The molecule has 0 radical (unpaired) electrons. The van der Waals surface area contributed by atoms with E-state index in [2.05, 4.69) is 86.2 Å². The molecule has 1 saturated carbocycles. The standard InChI is InChI=1S/C55H76FN3O4Si/c1-6-10-17-40-33-50(46(22-13-9-4)45(21-12-8-3)44(40)20-11-7-2)64(43-18-15-14-16-19-43)63-51-37-62-38-54(51,5)59-27-23-39(24-28-59)47-31-41-34-52(57-36-42(41)32-49(47)56)58-53(60)48-35-55(48)25-29-61-30-26-55/h14-16,18-19,31-34,36,39,48,51,64H,6-13,17,20-30,35,37-38H2,1-5H3,(H,57,58,60). The van der Waals surface area contributed by atoms with Crippen LogP contribution in [0.4, 0.5) is 10.2 Å². The Morgan fingerprint density at radius 1 is 0.844 bits per heavy atom. The summed E-state index contributed by atoms with van der Waals surface area (Å²) in [6.45, 7) is 16.0. The van der Waals surface area contributed by atoms with E-state index < -0.39 is 9.04 Å². The number of halogens is 1. The number of hydrogen-bond donors (Lipinski definition) is 1. The van der Waals surface area contributed by atoms with E-state index in [0.29, 0.717) is 19.0 Å². The number of anilines is 1. The number of carbonyl (C=O) groups is 1. The molecule has 4 fully saturated rings. The third kappa shape index (κ3) is 10.2. The lowest BCUT2D eigenvalue weighted by molar-refractivity contribution is -0.118. The van der Waals surface area contributed by atoms with Gasteiger partial charge in [0, 0.05) is 30.7 Å². The summed E-state index contributed by atoms with van der Waals surface area (Å²) in [6, 6.07) is 19.4. The van der Waals surface area contributed by atoms with Gasteiger partial charge in [-0.3, -0.25) is 9.69 Å². The Bertz CT molecular complexity index is 2190. The van der Waals surface area contributed by atoms with Crippen LogP contribution in [-0.4, -0.2) is 76.0 Å². The van der Waals surface area contributed by atoms with Crippen molar-refractivity contribution in [2.45, 2.75) is 161 Å². The molecule has 4 heterocycles. The Kier molecular flexibility index (Phi) is 15.8. The number of aryl methyl sites for hydroxylation is 1. The number of carbonyl (C=O) groups excluding carboxylic acids is 1. The average Bonchev–Trinajstić information content (AvgIpc) is 3.88. The summed E-state index contributed by atoms with van der Waals surface area (Å²) < 4.78 is 35.7. The number of unbranched alkanes of at least 4 members (excludes halogenated alkanes) is 4. The third-order valence-corrected chi connectivity index (χ3v) is 18.4. The van der Waals surface area contributed by atoms with Crippen molar-refractivity contribution >= 4 is 41.9 Å². The zero-order valence-corrected chi connectivity index (χ0v) is 40.9. The summed E-state index contributed by atoms with van der Waals surface area (Å²) in [5, 5.41) is 7.60. The molecule has 9 heteroatoms. The molecule has 1 amide bonds. The van der Waals surface area contributed by atoms with Crippen LogP contribution in [0.2, 0.25) is 0 Å². The van der Waals surface area contributed by atoms with Gasteiger partial charge in [-0.2, -0.15) is 0 Å². The molecule has 4 unspecified atom stereocenters. The van der Waals surface area contributed by atoms with Crippen LogP contribution in [0.5, 0.6) is 0 Å². The Morgan fingerprint density at radius 3 is 2.22 bits per heavy atom. The van der Waals surface area contributed by atoms with Gasteiger partial charge in [0.2, 0.25) is 14.9 Å². The van der Waals surface area contributed by atoms with Crippen molar-refractivity contribution in [3.8, 4) is 0 Å². The first kappa shape index (κ1) is 47.0. The molecule has 1 aromatic heterocycles. The summed E-state index contributed by atoms with van der Waals surface area (Å²) in [4.78, 5) is 20.4. The molecule has 1 N–H and O–H groups in total. The van der Waals surface area contributed by atoms with Crippen LogP contribution in [-0.2, 0) is 44.4 Å². The van der Waals surface area contributed by atoms with Crippen molar-refractivity contribution in [2.75, 3.05) is 44.8 Å². The maximum atomic E-state index is 16.0. The number of amides is 1. The van der Waals surface area contributed by atoms with Crippen LogP contribution >= 0.6 is 0 Å². The highest BCUT2D eigenvalue weighted by Gasteiger charge is 2.58. The first-order chi connectivity index (χ1) is 31.2. The molecule has 3 saturated heterocycles. The average molecular weight is 890 g/mol. The molecule has 346 valence electrons. The molecule has 4 aliphatic rings. The molecule has 1 spiro atoms. The Hall–Kier alpha value is -3.47. The fourth-order valence-corrected chi connectivity index (χ4v) is 14.4. The minimum absolute atomic E-state index is 0.0171. The summed E-state index contributed by atoms with van der Waals surface area (Å²) in [7, 11) is -2.20. The van der Waals surface area contributed by atoms with Crippen molar-refractivity contribution in [1.29, 1.82) is 0 Å². The van der Waals surface area contributed by atoms with Crippen molar-refractivity contribution < 1.29 is 23.1 Å². The number of ether oxygens (including phenoxy) is 2. The van der Waals surface area contributed by atoms with Gasteiger partial charge in [0.15, 0.2) is 0 Å². The first-order valence-corrected chi connectivity index (χ1v) is 27.0. The van der Waals surface area contributed by atoms with Gasteiger partial charge < -0.3 is 19.2 Å². The normalized spacial score (nSPS) is 22.9. The number of piperidine rings is 1. The molecule has 1 aliphatic carbocycles. The highest BCUT2D eigenvalue weighted by molar-refractivity contribution is 6.80. The van der Waals surface area contributed by atoms with E-state index in [1.807, 2.05) is 12.1 Å². The molecule has 3 aromatic carbocycles. The predicted molar refractivity (Wildman–Crippen MR) is 262 cm³/mol. The lowest BCUT2D eigenvalue weighted by Crippen LogP contribution is -2.60. The van der Waals surface area contributed by atoms with Crippen molar-refractivity contribution in [3.05, 3.63) is 94.4 Å². The predicted octanol–water partition coefficient (Wildman–Crippen LogP) is 10.4. The van der Waals surface area contributed by atoms with Crippen LogP contribution in [0, 0.1) is 17.2 Å². The van der Waals surface area contributed by atoms with Gasteiger partial charge in [-0.1, -0.05) is 89.8 Å². The molecule has 4 aromatic rings. The van der Waals surface area contributed by atoms with Crippen molar-refractivity contribution in [2.24, 2.45) is 11.3 Å². The molecule has 64 heavy (non-hydrogen) atoms. The topological polar surface area (TPSA) is 72.9 Å². The van der Waals surface area contributed by atoms with Crippen LogP contribution in [0.1, 0.15) is 152 Å². The van der Waals surface area contributed by atoms with Gasteiger partial charge in [0.05, 0.1) is 24.9 Å². The van der Waals surface area contributed by atoms with E-state index >= 15 is 4.39 Å². The Morgan fingerprint density at radius 2 is 1.52 bits per heavy atom. The van der Waals surface area contributed by atoms with Crippen molar-refractivity contribution in [3.63, 3.8) is 0 Å². The number of nitrogens with zero attached hydrogens (tertiary/aromatic N) is 2. The number of rotatable bonds is 20.